The zero-order valence-electron chi connectivity index (χ0n) is 11.7. The molecule has 0 bridgehead atoms. The minimum atomic E-state index is -0.102. The number of nitrogens with zero attached hydrogens (tertiary/aromatic N) is 1. The lowest BCUT2D eigenvalue weighted by Gasteiger charge is -2.07. The molecular formula is C15H18N2O2. The average molecular weight is 258 g/mol. The lowest BCUT2D eigenvalue weighted by molar-refractivity contribution is 0.102. The van der Waals surface area contributed by atoms with Crippen molar-refractivity contribution in [1.29, 1.82) is 0 Å². The van der Waals surface area contributed by atoms with Gasteiger partial charge in [-0.3, -0.25) is 4.79 Å². The number of carbonyl (C=O) groups excluding carboxylic acids is 1. The summed E-state index contributed by atoms with van der Waals surface area (Å²) in [5.74, 6) is 0.619. The van der Waals surface area contributed by atoms with Gasteiger partial charge >= 0.3 is 0 Å². The average Bonchev–Trinajstić information content (AvgIpc) is 2.67. The number of ether oxygens (including phenoxy) is 1. The molecule has 100 valence electrons. The van der Waals surface area contributed by atoms with Gasteiger partial charge in [-0.1, -0.05) is 6.07 Å². The molecular weight excluding hydrogens is 240 g/mol. The number of nitrogens with one attached hydrogen (secondary N) is 1. The topological polar surface area (TPSA) is 43.3 Å². The van der Waals surface area contributed by atoms with Crippen molar-refractivity contribution in [2.45, 2.75) is 13.8 Å². The Bertz CT molecular complexity index is 615. The number of carbonyl (C=O) groups is 1. The fourth-order valence-corrected chi connectivity index (χ4v) is 1.98. The molecule has 0 aliphatic heterocycles. The molecule has 1 heterocycles. The van der Waals surface area contributed by atoms with Crippen molar-refractivity contribution in [3.05, 3.63) is 47.3 Å². The van der Waals surface area contributed by atoms with Gasteiger partial charge in [-0.15, -0.1) is 0 Å². The number of methoxy groups -OCH3 is 1. The van der Waals surface area contributed by atoms with Crippen LogP contribution < -0.4 is 10.1 Å². The van der Waals surface area contributed by atoms with E-state index in [-0.39, 0.29) is 5.91 Å². The van der Waals surface area contributed by atoms with E-state index < -0.39 is 0 Å². The quantitative estimate of drug-likeness (QED) is 0.920. The summed E-state index contributed by atoms with van der Waals surface area (Å²) in [5.41, 5.74) is 3.44. The Morgan fingerprint density at radius 1 is 1.26 bits per heavy atom. The number of aryl methyl sites for hydroxylation is 1. The minimum absolute atomic E-state index is 0.102. The van der Waals surface area contributed by atoms with Crippen molar-refractivity contribution in [3.8, 4) is 5.75 Å². The van der Waals surface area contributed by atoms with Crippen LogP contribution in [0.15, 0.2) is 30.3 Å². The Hall–Kier alpha value is -2.23. The first-order chi connectivity index (χ1) is 9.02. The van der Waals surface area contributed by atoms with Gasteiger partial charge in [0.25, 0.3) is 5.91 Å². The molecule has 4 nitrogen and oxygen atoms in total. The number of hydrogen-bond donors (Lipinski definition) is 1. The maximum atomic E-state index is 12.2. The van der Waals surface area contributed by atoms with Crippen LogP contribution in [0.2, 0.25) is 0 Å². The molecule has 1 N–H and O–H groups in total. The zero-order chi connectivity index (χ0) is 14.0. The minimum Gasteiger partial charge on any atom is -0.497 e. The molecule has 0 aliphatic rings. The highest BCUT2D eigenvalue weighted by Gasteiger charge is 2.14. The highest BCUT2D eigenvalue weighted by molar-refractivity contribution is 6.05. The Morgan fingerprint density at radius 2 is 2.00 bits per heavy atom. The standard InChI is InChI=1S/C15H18N2O2/c1-10-8-14(11(2)17(10)3)15(18)16-12-6-5-7-13(9-12)19-4/h5-9H,1-4H3,(H,16,18). The molecule has 0 atom stereocenters. The van der Waals surface area contributed by atoms with Crippen LogP contribution in [0, 0.1) is 13.8 Å². The van der Waals surface area contributed by atoms with E-state index in [1.807, 2.05) is 49.7 Å². The van der Waals surface area contributed by atoms with Gasteiger partial charge < -0.3 is 14.6 Å². The summed E-state index contributed by atoms with van der Waals surface area (Å²) >= 11 is 0. The molecule has 19 heavy (non-hydrogen) atoms. The first kappa shape index (κ1) is 13.2. The molecule has 0 radical (unpaired) electrons. The van der Waals surface area contributed by atoms with Gasteiger partial charge in [0.05, 0.1) is 12.7 Å². The van der Waals surface area contributed by atoms with Crippen LogP contribution >= 0.6 is 0 Å². The summed E-state index contributed by atoms with van der Waals surface area (Å²) < 4.78 is 7.13. The molecule has 0 fully saturated rings. The van der Waals surface area contributed by atoms with Crippen LogP contribution in [0.3, 0.4) is 0 Å². The van der Waals surface area contributed by atoms with Crippen LogP contribution in [0.5, 0.6) is 5.75 Å². The molecule has 2 aromatic rings. The van der Waals surface area contributed by atoms with Gasteiger partial charge in [0, 0.05) is 30.2 Å². The summed E-state index contributed by atoms with van der Waals surface area (Å²) in [6.07, 6.45) is 0. The van der Waals surface area contributed by atoms with E-state index in [1.165, 1.54) is 0 Å². The van der Waals surface area contributed by atoms with E-state index in [4.69, 9.17) is 4.74 Å². The van der Waals surface area contributed by atoms with E-state index in [0.717, 1.165) is 22.8 Å². The van der Waals surface area contributed by atoms with E-state index in [9.17, 15) is 4.79 Å². The van der Waals surface area contributed by atoms with Crippen LogP contribution in [0.25, 0.3) is 0 Å². The number of hydrogen-bond acceptors (Lipinski definition) is 2. The fourth-order valence-electron chi connectivity index (χ4n) is 1.98. The van der Waals surface area contributed by atoms with Gasteiger partial charge in [-0.25, -0.2) is 0 Å². The Kier molecular flexibility index (Phi) is 3.60. The van der Waals surface area contributed by atoms with E-state index >= 15 is 0 Å². The second-order valence-electron chi connectivity index (χ2n) is 4.53. The van der Waals surface area contributed by atoms with Crippen molar-refractivity contribution >= 4 is 11.6 Å². The molecule has 1 aromatic carbocycles. The second kappa shape index (κ2) is 5.18. The van der Waals surface area contributed by atoms with E-state index in [1.54, 1.807) is 13.2 Å². The lowest BCUT2D eigenvalue weighted by atomic mass is 10.2. The summed E-state index contributed by atoms with van der Waals surface area (Å²) in [4.78, 5) is 12.2. The predicted octanol–water partition coefficient (Wildman–Crippen LogP) is 2.90. The highest BCUT2D eigenvalue weighted by Crippen LogP contribution is 2.19. The third kappa shape index (κ3) is 2.62. The monoisotopic (exact) mass is 258 g/mol. The van der Waals surface area contributed by atoms with Gasteiger partial charge in [0.1, 0.15) is 5.75 Å². The summed E-state index contributed by atoms with van der Waals surface area (Å²) in [6, 6.07) is 9.21. The predicted molar refractivity (Wildman–Crippen MR) is 75.8 cm³/mol. The first-order valence-electron chi connectivity index (χ1n) is 6.11. The van der Waals surface area contributed by atoms with Crippen LogP contribution in [0.1, 0.15) is 21.7 Å². The first-order valence-corrected chi connectivity index (χ1v) is 6.11. The zero-order valence-corrected chi connectivity index (χ0v) is 11.7. The molecule has 2 rings (SSSR count). The molecule has 4 heteroatoms. The number of rotatable bonds is 3. The third-order valence-corrected chi connectivity index (χ3v) is 3.35. The Labute approximate surface area is 113 Å². The van der Waals surface area contributed by atoms with Gasteiger partial charge in [-0.2, -0.15) is 0 Å². The van der Waals surface area contributed by atoms with Crippen LogP contribution in [-0.2, 0) is 7.05 Å². The third-order valence-electron chi connectivity index (χ3n) is 3.35. The number of aromatic nitrogens is 1. The van der Waals surface area contributed by atoms with Crippen LogP contribution in [-0.4, -0.2) is 17.6 Å². The van der Waals surface area contributed by atoms with Gasteiger partial charge in [0.2, 0.25) is 0 Å². The second-order valence-corrected chi connectivity index (χ2v) is 4.53. The maximum Gasteiger partial charge on any atom is 0.257 e. The number of anilines is 1. The summed E-state index contributed by atoms with van der Waals surface area (Å²) in [5, 5.41) is 2.88. The SMILES string of the molecule is COc1cccc(NC(=O)c2cc(C)n(C)c2C)c1. The van der Waals surface area contributed by atoms with Crippen molar-refractivity contribution in [2.75, 3.05) is 12.4 Å². The number of amides is 1. The van der Waals surface area contributed by atoms with E-state index in [2.05, 4.69) is 5.32 Å². The largest absolute Gasteiger partial charge is 0.497 e. The molecule has 1 aromatic heterocycles. The normalized spacial score (nSPS) is 10.3. The fraction of sp³-hybridized carbons (Fsp3) is 0.267. The molecule has 1 amide bonds. The Balaban J connectivity index is 2.23. The van der Waals surface area contributed by atoms with Crippen molar-refractivity contribution in [2.24, 2.45) is 7.05 Å². The van der Waals surface area contributed by atoms with Crippen molar-refractivity contribution < 1.29 is 9.53 Å². The summed E-state index contributed by atoms with van der Waals surface area (Å²) in [6.45, 7) is 3.92. The smallest absolute Gasteiger partial charge is 0.257 e. The molecule has 0 aliphatic carbocycles. The molecule has 0 saturated heterocycles. The summed E-state index contributed by atoms with van der Waals surface area (Å²) in [7, 11) is 3.55. The molecule has 0 spiro atoms. The van der Waals surface area contributed by atoms with E-state index in [0.29, 0.717) is 5.56 Å². The van der Waals surface area contributed by atoms with Crippen molar-refractivity contribution in [1.82, 2.24) is 4.57 Å². The highest BCUT2D eigenvalue weighted by atomic mass is 16.5. The van der Waals surface area contributed by atoms with Crippen LogP contribution in [0.4, 0.5) is 5.69 Å². The maximum absolute atomic E-state index is 12.2. The molecule has 0 unspecified atom stereocenters. The number of benzene rings is 1. The van der Waals surface area contributed by atoms with Crippen molar-refractivity contribution in [3.63, 3.8) is 0 Å². The lowest BCUT2D eigenvalue weighted by Crippen LogP contribution is -2.12. The Morgan fingerprint density at radius 3 is 2.58 bits per heavy atom. The van der Waals surface area contributed by atoms with Gasteiger partial charge in [-0.05, 0) is 32.0 Å². The molecule has 0 saturated carbocycles. The van der Waals surface area contributed by atoms with Gasteiger partial charge in [0.15, 0.2) is 0 Å².